The highest BCUT2D eigenvalue weighted by Gasteiger charge is 2.24. The van der Waals surface area contributed by atoms with Gasteiger partial charge in [0.2, 0.25) is 5.91 Å². The van der Waals surface area contributed by atoms with Gasteiger partial charge < -0.3 is 15.0 Å². The first-order valence-electron chi connectivity index (χ1n) is 6.51. The Labute approximate surface area is 122 Å². The number of nitrogens with one attached hydrogen (secondary N) is 1. The molecule has 0 aliphatic carbocycles. The average molecular weight is 327 g/mol. The van der Waals surface area contributed by atoms with E-state index in [0.717, 1.165) is 36.0 Å². The summed E-state index contributed by atoms with van der Waals surface area (Å²) in [5.74, 6) is -0.0607. The second kappa shape index (κ2) is 6.91. The van der Waals surface area contributed by atoms with Gasteiger partial charge >= 0.3 is 0 Å². The molecule has 1 aliphatic rings. The average Bonchev–Trinajstić information content (AvgIpc) is 2.39. The monoisotopic (exact) mass is 326 g/mol. The van der Waals surface area contributed by atoms with E-state index in [9.17, 15) is 4.79 Å². The maximum atomic E-state index is 11.7. The highest BCUT2D eigenvalue weighted by molar-refractivity contribution is 9.10. The lowest BCUT2D eigenvalue weighted by molar-refractivity contribution is -0.125. The van der Waals surface area contributed by atoms with Crippen molar-refractivity contribution in [3.63, 3.8) is 0 Å². The minimum atomic E-state index is -0.0607. The Morgan fingerprint density at radius 2 is 2.37 bits per heavy atom. The Morgan fingerprint density at radius 3 is 3.11 bits per heavy atom. The molecule has 1 N–H and O–H groups in total. The van der Waals surface area contributed by atoms with Crippen molar-refractivity contribution in [2.75, 3.05) is 25.2 Å². The molecule has 104 valence electrons. The highest BCUT2D eigenvalue weighted by Crippen LogP contribution is 2.26. The number of hydrogen-bond donors (Lipinski definition) is 1. The number of amides is 1. The molecule has 1 aromatic rings. The normalized spacial score (nSPS) is 19.3. The van der Waals surface area contributed by atoms with Gasteiger partial charge in [0.25, 0.3) is 0 Å². The van der Waals surface area contributed by atoms with Crippen LogP contribution in [-0.4, -0.2) is 32.3 Å². The van der Waals surface area contributed by atoms with Crippen molar-refractivity contribution in [1.82, 2.24) is 5.32 Å². The molecule has 1 fully saturated rings. The number of carbonyl (C=O) groups excluding carboxylic acids is 1. The smallest absolute Gasteiger partial charge is 0.247 e. The molecule has 2 rings (SSSR count). The lowest BCUT2D eigenvalue weighted by Crippen LogP contribution is -2.51. The van der Waals surface area contributed by atoms with Crippen LogP contribution in [0, 0.1) is 0 Å². The summed E-state index contributed by atoms with van der Waals surface area (Å²) in [6.45, 7) is 1.08. The Morgan fingerprint density at radius 1 is 1.53 bits per heavy atom. The summed E-state index contributed by atoms with van der Waals surface area (Å²) < 4.78 is 5.92. The van der Waals surface area contributed by atoms with Crippen molar-refractivity contribution in [1.29, 1.82) is 0 Å². The number of ether oxygens (including phenoxy) is 1. The van der Waals surface area contributed by atoms with Crippen LogP contribution in [0.3, 0.4) is 0 Å². The first-order valence-corrected chi connectivity index (χ1v) is 7.30. The molecular formula is C14H19BrN2O2. The molecule has 0 bridgehead atoms. The second-order valence-corrected chi connectivity index (χ2v) is 5.60. The van der Waals surface area contributed by atoms with Crippen LogP contribution in [0.2, 0.25) is 0 Å². The summed E-state index contributed by atoms with van der Waals surface area (Å²) in [5.41, 5.74) is 1.14. The van der Waals surface area contributed by atoms with Crippen LogP contribution in [0.4, 0.5) is 5.69 Å². The molecule has 1 aliphatic heterocycles. The van der Waals surface area contributed by atoms with Crippen LogP contribution in [0.25, 0.3) is 0 Å². The van der Waals surface area contributed by atoms with Gasteiger partial charge in [0.1, 0.15) is 12.8 Å². The van der Waals surface area contributed by atoms with Gasteiger partial charge in [-0.1, -0.05) is 22.0 Å². The van der Waals surface area contributed by atoms with E-state index in [2.05, 4.69) is 38.3 Å². The number of methoxy groups -OCH3 is 1. The van der Waals surface area contributed by atoms with E-state index < -0.39 is 0 Å². The van der Waals surface area contributed by atoms with Gasteiger partial charge in [0.15, 0.2) is 0 Å². The van der Waals surface area contributed by atoms with Crippen LogP contribution in [0.1, 0.15) is 19.3 Å². The predicted octanol–water partition coefficient (Wildman–Crippen LogP) is 2.53. The van der Waals surface area contributed by atoms with E-state index in [1.165, 1.54) is 7.11 Å². The van der Waals surface area contributed by atoms with Gasteiger partial charge in [-0.2, -0.15) is 0 Å². The highest BCUT2D eigenvalue weighted by atomic mass is 79.9. The molecule has 0 radical (unpaired) electrons. The predicted molar refractivity (Wildman–Crippen MR) is 79.1 cm³/mol. The Balaban J connectivity index is 2.09. The van der Waals surface area contributed by atoms with Crippen LogP contribution in [0.15, 0.2) is 28.7 Å². The minimum absolute atomic E-state index is 0.0607. The number of rotatable bonds is 4. The van der Waals surface area contributed by atoms with Gasteiger partial charge in [-0.25, -0.2) is 0 Å². The van der Waals surface area contributed by atoms with E-state index >= 15 is 0 Å². The van der Waals surface area contributed by atoms with Gasteiger partial charge in [-0.05, 0) is 37.5 Å². The van der Waals surface area contributed by atoms with Crippen molar-refractivity contribution in [2.24, 2.45) is 0 Å². The number of benzene rings is 1. The van der Waals surface area contributed by atoms with Crippen LogP contribution < -0.4 is 10.2 Å². The fourth-order valence-electron chi connectivity index (χ4n) is 2.40. The third-order valence-electron chi connectivity index (χ3n) is 3.25. The molecule has 5 heteroatoms. The van der Waals surface area contributed by atoms with Crippen molar-refractivity contribution in [3.8, 4) is 0 Å². The zero-order chi connectivity index (χ0) is 13.7. The number of nitrogens with zero attached hydrogens (tertiary/aromatic N) is 1. The molecule has 0 saturated carbocycles. The molecule has 0 aromatic heterocycles. The lowest BCUT2D eigenvalue weighted by atomic mass is 10.1. The maximum absolute atomic E-state index is 11.7. The third-order valence-corrected chi connectivity index (χ3v) is 3.74. The largest absolute Gasteiger partial charge is 0.375 e. The maximum Gasteiger partial charge on any atom is 0.247 e. The van der Waals surface area contributed by atoms with Gasteiger partial charge in [-0.15, -0.1) is 0 Å². The Hall–Kier alpha value is -1.07. The van der Waals surface area contributed by atoms with E-state index in [0.29, 0.717) is 0 Å². The van der Waals surface area contributed by atoms with Crippen molar-refractivity contribution >= 4 is 27.5 Å². The number of hydrogen-bond acceptors (Lipinski definition) is 3. The van der Waals surface area contributed by atoms with E-state index in [4.69, 9.17) is 4.74 Å². The summed E-state index contributed by atoms with van der Waals surface area (Å²) in [6, 6.07) is 8.18. The molecule has 1 amide bonds. The summed E-state index contributed by atoms with van der Waals surface area (Å²) >= 11 is 3.49. The second-order valence-electron chi connectivity index (χ2n) is 4.69. The topological polar surface area (TPSA) is 41.6 Å². The van der Waals surface area contributed by atoms with Gasteiger partial charge in [0.05, 0.1) is 0 Å². The molecule has 1 atom stereocenters. The van der Waals surface area contributed by atoms with E-state index in [-0.39, 0.29) is 18.7 Å². The van der Waals surface area contributed by atoms with Crippen LogP contribution in [-0.2, 0) is 9.53 Å². The summed E-state index contributed by atoms with van der Waals surface area (Å²) in [7, 11) is 1.53. The molecule has 1 saturated heterocycles. The lowest BCUT2D eigenvalue weighted by Gasteiger charge is -2.38. The number of anilines is 1. The Bertz CT molecular complexity index is 439. The molecule has 1 aromatic carbocycles. The molecule has 1 heterocycles. The summed E-state index contributed by atoms with van der Waals surface area (Å²) in [4.78, 5) is 13.9. The summed E-state index contributed by atoms with van der Waals surface area (Å²) in [6.07, 6.45) is 3.33. The fourth-order valence-corrected chi connectivity index (χ4v) is 2.79. The number of piperidine rings is 1. The van der Waals surface area contributed by atoms with Crippen molar-refractivity contribution < 1.29 is 9.53 Å². The van der Waals surface area contributed by atoms with Crippen molar-refractivity contribution in [2.45, 2.75) is 25.4 Å². The first-order chi connectivity index (χ1) is 9.20. The number of carbonyl (C=O) groups is 1. The molecular weight excluding hydrogens is 308 g/mol. The molecule has 1 unspecified atom stereocenters. The summed E-state index contributed by atoms with van der Waals surface area (Å²) in [5, 5.41) is 3.03. The van der Waals surface area contributed by atoms with E-state index in [1.807, 2.05) is 12.1 Å². The molecule has 4 nitrogen and oxygen atoms in total. The minimum Gasteiger partial charge on any atom is -0.375 e. The standard InChI is InChI=1S/C14H19BrN2O2/c1-19-10-14(18)16-13-7-2-3-8-17(13)12-6-4-5-11(15)9-12/h4-6,9,13H,2-3,7-8,10H2,1H3,(H,16,18). The van der Waals surface area contributed by atoms with Crippen LogP contribution >= 0.6 is 15.9 Å². The van der Waals surface area contributed by atoms with Crippen molar-refractivity contribution in [3.05, 3.63) is 28.7 Å². The van der Waals surface area contributed by atoms with Crippen LogP contribution in [0.5, 0.6) is 0 Å². The fraction of sp³-hybridized carbons (Fsp3) is 0.500. The Kier molecular flexibility index (Phi) is 5.22. The van der Waals surface area contributed by atoms with E-state index in [1.54, 1.807) is 0 Å². The first kappa shape index (κ1) is 14.3. The molecule has 0 spiro atoms. The third kappa shape index (κ3) is 3.94. The van der Waals surface area contributed by atoms with Gasteiger partial charge in [0, 0.05) is 23.8 Å². The number of halogens is 1. The molecule has 19 heavy (non-hydrogen) atoms. The zero-order valence-electron chi connectivity index (χ0n) is 11.1. The SMILES string of the molecule is COCC(=O)NC1CCCCN1c1cccc(Br)c1. The quantitative estimate of drug-likeness (QED) is 0.924. The zero-order valence-corrected chi connectivity index (χ0v) is 12.6. The van der Waals surface area contributed by atoms with Gasteiger partial charge in [-0.3, -0.25) is 4.79 Å².